The number of piperazine rings is 1. The van der Waals surface area contributed by atoms with E-state index in [1.165, 1.54) is 28.6 Å². The standard InChI is InChI=1S/C22H25F2N3O3S/c23-18-3-7-20(8-4-18)25-12-14-26(15-13-25)22(28)17-2-1-11-27(16-17)31(29,30)21-9-5-19(24)6-10-21/h3-10,17H,1-2,11-16H2/t17-/m0/s1. The molecule has 0 bridgehead atoms. The Balaban J connectivity index is 1.38. The molecular formula is C22H25F2N3O3S. The van der Waals surface area contributed by atoms with Crippen LogP contribution < -0.4 is 4.90 Å². The molecule has 0 unspecified atom stereocenters. The Hall–Kier alpha value is -2.52. The third kappa shape index (κ3) is 4.72. The van der Waals surface area contributed by atoms with Crippen molar-refractivity contribution in [2.75, 3.05) is 44.2 Å². The molecule has 9 heteroatoms. The van der Waals surface area contributed by atoms with Gasteiger partial charge in [0.05, 0.1) is 10.8 Å². The van der Waals surface area contributed by atoms with Crippen molar-refractivity contribution >= 4 is 21.6 Å². The summed E-state index contributed by atoms with van der Waals surface area (Å²) < 4.78 is 53.5. The second-order valence-electron chi connectivity index (χ2n) is 7.94. The van der Waals surface area contributed by atoms with Gasteiger partial charge in [-0.1, -0.05) is 0 Å². The molecule has 1 amide bonds. The normalized spacial score (nSPS) is 20.6. The van der Waals surface area contributed by atoms with Gasteiger partial charge >= 0.3 is 0 Å². The van der Waals surface area contributed by atoms with Crippen LogP contribution in [0.5, 0.6) is 0 Å². The molecule has 2 aliphatic heterocycles. The number of amides is 1. The lowest BCUT2D eigenvalue weighted by molar-refractivity contribution is -0.137. The topological polar surface area (TPSA) is 60.9 Å². The second kappa shape index (κ2) is 8.92. The van der Waals surface area contributed by atoms with Gasteiger partial charge in [0.2, 0.25) is 15.9 Å². The average Bonchev–Trinajstić information content (AvgIpc) is 2.80. The van der Waals surface area contributed by atoms with E-state index in [0.717, 1.165) is 17.8 Å². The minimum Gasteiger partial charge on any atom is -0.368 e. The fourth-order valence-electron chi connectivity index (χ4n) is 4.21. The third-order valence-corrected chi connectivity index (χ3v) is 7.85. The Morgan fingerprint density at radius 1 is 0.839 bits per heavy atom. The summed E-state index contributed by atoms with van der Waals surface area (Å²) in [5.74, 6) is -1.19. The molecule has 0 saturated carbocycles. The van der Waals surface area contributed by atoms with Gasteiger partial charge in [0, 0.05) is 45.0 Å². The lowest BCUT2D eigenvalue weighted by atomic mass is 9.97. The van der Waals surface area contributed by atoms with Gasteiger partial charge in [0.25, 0.3) is 0 Å². The van der Waals surface area contributed by atoms with E-state index in [-0.39, 0.29) is 29.1 Å². The average molecular weight is 450 g/mol. The minimum atomic E-state index is -3.77. The monoisotopic (exact) mass is 449 g/mol. The summed E-state index contributed by atoms with van der Waals surface area (Å²) in [7, 11) is -3.77. The van der Waals surface area contributed by atoms with Crippen LogP contribution in [0.15, 0.2) is 53.4 Å². The number of hydrogen-bond donors (Lipinski definition) is 0. The molecule has 0 N–H and O–H groups in total. The molecule has 2 aromatic rings. The Labute approximate surface area is 181 Å². The molecule has 2 aromatic carbocycles. The molecule has 2 heterocycles. The van der Waals surface area contributed by atoms with Crippen molar-refractivity contribution in [2.24, 2.45) is 5.92 Å². The van der Waals surface area contributed by atoms with Gasteiger partial charge < -0.3 is 9.80 Å². The molecule has 4 rings (SSSR count). The summed E-state index contributed by atoms with van der Waals surface area (Å²) in [6.07, 6.45) is 1.25. The Morgan fingerprint density at radius 3 is 2.03 bits per heavy atom. The summed E-state index contributed by atoms with van der Waals surface area (Å²) in [6.45, 7) is 2.84. The zero-order chi connectivity index (χ0) is 22.0. The van der Waals surface area contributed by atoms with Crippen molar-refractivity contribution in [1.82, 2.24) is 9.21 Å². The van der Waals surface area contributed by atoms with Crippen LogP contribution in [-0.2, 0) is 14.8 Å². The number of benzene rings is 2. The molecule has 166 valence electrons. The van der Waals surface area contributed by atoms with Crippen LogP contribution >= 0.6 is 0 Å². The summed E-state index contributed by atoms with van der Waals surface area (Å²) in [6, 6.07) is 11.1. The number of sulfonamides is 1. The smallest absolute Gasteiger partial charge is 0.243 e. The molecule has 0 aromatic heterocycles. The van der Waals surface area contributed by atoms with E-state index in [1.54, 1.807) is 17.0 Å². The molecular weight excluding hydrogens is 424 g/mol. The number of nitrogens with zero attached hydrogens (tertiary/aromatic N) is 3. The van der Waals surface area contributed by atoms with E-state index in [4.69, 9.17) is 0 Å². The predicted octanol–water partition coefficient (Wildman–Crippen LogP) is 2.71. The number of halogens is 2. The van der Waals surface area contributed by atoms with E-state index in [0.29, 0.717) is 45.6 Å². The van der Waals surface area contributed by atoms with Gasteiger partial charge in [-0.05, 0) is 61.4 Å². The lowest BCUT2D eigenvalue weighted by Gasteiger charge is -2.39. The number of carbonyl (C=O) groups excluding carboxylic acids is 1. The quantitative estimate of drug-likeness (QED) is 0.720. The van der Waals surface area contributed by atoms with Crippen LogP contribution in [0.2, 0.25) is 0 Å². The van der Waals surface area contributed by atoms with E-state index in [1.807, 2.05) is 0 Å². The SMILES string of the molecule is O=C([C@H]1CCCN(S(=O)(=O)c2ccc(F)cc2)C1)N1CCN(c2ccc(F)cc2)CC1. The zero-order valence-electron chi connectivity index (χ0n) is 17.1. The number of rotatable bonds is 4. The van der Waals surface area contributed by atoms with Crippen molar-refractivity contribution in [3.63, 3.8) is 0 Å². The molecule has 6 nitrogen and oxygen atoms in total. The summed E-state index contributed by atoms with van der Waals surface area (Å²) >= 11 is 0. The number of piperidine rings is 1. The first-order chi connectivity index (χ1) is 14.8. The first-order valence-corrected chi connectivity index (χ1v) is 11.8. The first-order valence-electron chi connectivity index (χ1n) is 10.4. The van der Waals surface area contributed by atoms with Crippen molar-refractivity contribution < 1.29 is 22.0 Å². The van der Waals surface area contributed by atoms with Gasteiger partial charge in [-0.25, -0.2) is 17.2 Å². The first kappa shape index (κ1) is 21.7. The van der Waals surface area contributed by atoms with E-state index < -0.39 is 15.8 Å². The van der Waals surface area contributed by atoms with E-state index in [2.05, 4.69) is 4.90 Å². The molecule has 0 spiro atoms. The number of hydrogen-bond acceptors (Lipinski definition) is 4. The van der Waals surface area contributed by atoms with Crippen LogP contribution in [0.4, 0.5) is 14.5 Å². The molecule has 0 aliphatic carbocycles. The molecule has 2 saturated heterocycles. The maximum Gasteiger partial charge on any atom is 0.243 e. The van der Waals surface area contributed by atoms with Gasteiger partial charge in [-0.15, -0.1) is 0 Å². The fourth-order valence-corrected chi connectivity index (χ4v) is 5.74. The van der Waals surface area contributed by atoms with Crippen molar-refractivity contribution in [1.29, 1.82) is 0 Å². The van der Waals surface area contributed by atoms with Gasteiger partial charge in [0.1, 0.15) is 11.6 Å². The maximum absolute atomic E-state index is 13.2. The molecule has 1 atom stereocenters. The summed E-state index contributed by atoms with van der Waals surface area (Å²) in [5.41, 5.74) is 0.919. The van der Waals surface area contributed by atoms with Crippen molar-refractivity contribution in [2.45, 2.75) is 17.7 Å². The van der Waals surface area contributed by atoms with Crippen LogP contribution in [0.3, 0.4) is 0 Å². The molecule has 0 radical (unpaired) electrons. The number of carbonyl (C=O) groups is 1. The second-order valence-corrected chi connectivity index (χ2v) is 9.88. The molecule has 2 fully saturated rings. The third-order valence-electron chi connectivity index (χ3n) is 5.97. The highest BCUT2D eigenvalue weighted by molar-refractivity contribution is 7.89. The van der Waals surface area contributed by atoms with Crippen LogP contribution in [0.1, 0.15) is 12.8 Å². The zero-order valence-corrected chi connectivity index (χ0v) is 17.9. The van der Waals surface area contributed by atoms with Crippen molar-refractivity contribution in [3.05, 3.63) is 60.2 Å². The van der Waals surface area contributed by atoms with Gasteiger partial charge in [-0.3, -0.25) is 4.79 Å². The van der Waals surface area contributed by atoms with Crippen LogP contribution in [0, 0.1) is 17.6 Å². The molecule has 2 aliphatic rings. The highest BCUT2D eigenvalue weighted by Crippen LogP contribution is 2.26. The van der Waals surface area contributed by atoms with Crippen LogP contribution in [-0.4, -0.2) is 62.8 Å². The lowest BCUT2D eigenvalue weighted by Crippen LogP contribution is -2.53. The number of anilines is 1. The van der Waals surface area contributed by atoms with Crippen molar-refractivity contribution in [3.8, 4) is 0 Å². The summed E-state index contributed by atoms with van der Waals surface area (Å²) in [5, 5.41) is 0. The Bertz CT molecular complexity index is 1020. The van der Waals surface area contributed by atoms with E-state index in [9.17, 15) is 22.0 Å². The largest absolute Gasteiger partial charge is 0.368 e. The highest BCUT2D eigenvalue weighted by Gasteiger charge is 2.35. The van der Waals surface area contributed by atoms with Crippen LogP contribution in [0.25, 0.3) is 0 Å². The minimum absolute atomic E-state index is 0.0298. The Morgan fingerprint density at radius 2 is 1.42 bits per heavy atom. The maximum atomic E-state index is 13.2. The van der Waals surface area contributed by atoms with Gasteiger partial charge in [0.15, 0.2) is 0 Å². The van der Waals surface area contributed by atoms with E-state index >= 15 is 0 Å². The summed E-state index contributed by atoms with van der Waals surface area (Å²) in [4.78, 5) is 17.0. The highest BCUT2D eigenvalue weighted by atomic mass is 32.2. The molecule has 31 heavy (non-hydrogen) atoms. The predicted molar refractivity (Wildman–Crippen MR) is 113 cm³/mol. The fraction of sp³-hybridized carbons (Fsp3) is 0.409. The van der Waals surface area contributed by atoms with Gasteiger partial charge in [-0.2, -0.15) is 4.31 Å². The Kier molecular flexibility index (Phi) is 6.24.